The van der Waals surface area contributed by atoms with E-state index in [0.29, 0.717) is 22.3 Å². The van der Waals surface area contributed by atoms with Crippen molar-refractivity contribution in [1.82, 2.24) is 0 Å². The molecule has 0 N–H and O–H groups in total. The first-order chi connectivity index (χ1) is 22.2. The molecular formula is C37H52AlF3N2O5S. The summed E-state index contributed by atoms with van der Waals surface area (Å²) in [6.07, 6.45) is 7.03. The van der Waals surface area contributed by atoms with E-state index in [1.807, 2.05) is 65.8 Å². The molecule has 270 valence electrons. The predicted octanol–water partition coefficient (Wildman–Crippen LogP) is 9.35. The van der Waals surface area contributed by atoms with Crippen LogP contribution in [0.15, 0.2) is 34.3 Å². The van der Waals surface area contributed by atoms with Gasteiger partial charge in [-0.25, -0.2) is 0 Å². The van der Waals surface area contributed by atoms with Gasteiger partial charge in [0.1, 0.15) is 0 Å². The third kappa shape index (κ3) is 9.29. The maximum atomic E-state index is 13.9. The molecule has 12 heteroatoms. The van der Waals surface area contributed by atoms with Gasteiger partial charge in [0.25, 0.3) is 0 Å². The largest absolute Gasteiger partial charge is 1.11 e. The van der Waals surface area contributed by atoms with Crippen LogP contribution in [0.3, 0.4) is 0 Å². The van der Waals surface area contributed by atoms with Crippen molar-refractivity contribution in [2.45, 2.75) is 148 Å². The van der Waals surface area contributed by atoms with Crippen molar-refractivity contribution >= 4 is 37.7 Å². The van der Waals surface area contributed by atoms with Crippen LogP contribution in [0.2, 0.25) is 0 Å². The van der Waals surface area contributed by atoms with Gasteiger partial charge < -0.3 is 10.8 Å². The summed E-state index contributed by atoms with van der Waals surface area (Å²) in [6, 6.07) is 7.46. The maximum Gasteiger partial charge on any atom is 1.11 e. The fraction of sp³-hybridized carbons (Fsp3) is 0.622. The quantitative estimate of drug-likeness (QED) is 0.228. The van der Waals surface area contributed by atoms with Crippen molar-refractivity contribution in [3.63, 3.8) is 0 Å². The first-order valence-corrected chi connectivity index (χ1v) is 19.8. The molecule has 1 heterocycles. The van der Waals surface area contributed by atoms with Gasteiger partial charge in [-0.3, -0.25) is 9.98 Å². The van der Waals surface area contributed by atoms with Gasteiger partial charge in [0.2, 0.25) is 0 Å². The molecule has 0 saturated heterocycles. The van der Waals surface area contributed by atoms with Gasteiger partial charge >= 0.3 is 30.8 Å². The second-order valence-electron chi connectivity index (χ2n) is 17.4. The molecule has 0 amide bonds. The van der Waals surface area contributed by atoms with Gasteiger partial charge in [0.05, 0.1) is 23.6 Å². The first kappa shape index (κ1) is 39.4. The van der Waals surface area contributed by atoms with Crippen molar-refractivity contribution in [3.05, 3.63) is 57.6 Å². The zero-order chi connectivity index (χ0) is 37.0. The smallest absolute Gasteiger partial charge is 0.587 e. The van der Waals surface area contributed by atoms with Crippen LogP contribution in [-0.4, -0.2) is 53.6 Å². The average molecular weight is 721 g/mol. The zero-order valence-corrected chi connectivity index (χ0v) is 33.0. The molecule has 1 aliphatic heterocycles. The highest BCUT2D eigenvalue weighted by atomic mass is 32.2. The summed E-state index contributed by atoms with van der Waals surface area (Å²) in [6.45, 7) is 24.2. The van der Waals surface area contributed by atoms with E-state index in [1.165, 1.54) is 0 Å². The van der Waals surface area contributed by atoms with Gasteiger partial charge in [-0.1, -0.05) is 108 Å². The molecule has 0 radical (unpaired) electrons. The Morgan fingerprint density at radius 3 is 1.33 bits per heavy atom. The fourth-order valence-electron chi connectivity index (χ4n) is 5.94. The van der Waals surface area contributed by atoms with Gasteiger partial charge in [-0.2, -0.15) is 21.6 Å². The van der Waals surface area contributed by atoms with Crippen molar-refractivity contribution < 1.29 is 32.4 Å². The van der Waals surface area contributed by atoms with Crippen LogP contribution in [0.25, 0.3) is 0 Å². The molecule has 4 rings (SSSR count). The number of hydrogen-bond donors (Lipinski definition) is 0. The molecule has 2 aromatic carbocycles. The van der Waals surface area contributed by atoms with E-state index in [1.54, 1.807) is 12.4 Å². The number of fused-ring (bicyclic) bond motifs is 3. The Labute approximate surface area is 296 Å². The summed E-state index contributed by atoms with van der Waals surface area (Å²) in [5, 5.41) is 0. The number of benzene rings is 2. The third-order valence-electron chi connectivity index (χ3n) is 9.00. The highest BCUT2D eigenvalue weighted by Crippen LogP contribution is 2.42. The standard InChI is InChI=1S/C36H54N2O2.CHF3O3S.Al/c1-33(2,3)25-17-23(31(39)27(19-25)35(7,8)9)21-37-29-15-13-14-16-30(29)38-22-24-18-26(34(4,5)6)20-28(32(24)40)36(10,11)12;2-1(3,4)8(5,6)7;/h17-22,29-30,39-40H,13-16H2,1-12H3;(H,5,6,7);/q;;+3/p-3/t29-,30-;;/m1../s1. The number of alkyl halides is 3. The lowest BCUT2D eigenvalue weighted by molar-refractivity contribution is -0.0512. The zero-order valence-electron chi connectivity index (χ0n) is 31.0. The summed E-state index contributed by atoms with van der Waals surface area (Å²) >= 11 is -4.28. The number of rotatable bonds is 2. The summed E-state index contributed by atoms with van der Waals surface area (Å²) in [7, 11) is -6.11. The molecule has 1 saturated carbocycles. The Balaban J connectivity index is 2.12. The van der Waals surface area contributed by atoms with Crippen molar-refractivity contribution in [3.8, 4) is 11.5 Å². The van der Waals surface area contributed by atoms with E-state index >= 15 is 0 Å². The monoisotopic (exact) mass is 720 g/mol. The highest BCUT2D eigenvalue weighted by molar-refractivity contribution is 7.88. The molecule has 7 nitrogen and oxygen atoms in total. The predicted molar refractivity (Wildman–Crippen MR) is 192 cm³/mol. The minimum atomic E-state index is -6.11. The summed E-state index contributed by atoms with van der Waals surface area (Å²) < 4.78 is 84.8. The highest BCUT2D eigenvalue weighted by Gasteiger charge is 2.57. The lowest BCUT2D eigenvalue weighted by Crippen LogP contribution is -2.41. The van der Waals surface area contributed by atoms with Crippen molar-refractivity contribution in [2.24, 2.45) is 9.98 Å². The summed E-state index contributed by atoms with van der Waals surface area (Å²) in [4.78, 5) is 10.0. The Bertz CT molecular complexity index is 1610. The van der Waals surface area contributed by atoms with Crippen LogP contribution >= 0.6 is 0 Å². The third-order valence-corrected chi connectivity index (χ3v) is 12.1. The number of halogens is 3. The topological polar surface area (TPSA) is 86.5 Å². The van der Waals surface area contributed by atoms with Crippen LogP contribution in [0.4, 0.5) is 13.2 Å². The van der Waals surface area contributed by atoms with Gasteiger partial charge in [-0.05, 0) is 68.9 Å². The number of nitrogens with zero attached hydrogens (tertiary/aromatic N) is 2. The molecule has 49 heavy (non-hydrogen) atoms. The van der Waals surface area contributed by atoms with Crippen molar-refractivity contribution in [1.29, 1.82) is 0 Å². The molecule has 2 aliphatic rings. The molecule has 0 unspecified atom stereocenters. The van der Waals surface area contributed by atoms with Crippen LogP contribution in [0, 0.1) is 0 Å². The first-order valence-electron chi connectivity index (χ1n) is 17.0. The Morgan fingerprint density at radius 1 is 0.653 bits per heavy atom. The Kier molecular flexibility index (Phi) is 11.0. The molecule has 2 aromatic rings. The van der Waals surface area contributed by atoms with E-state index in [9.17, 15) is 21.6 Å². The van der Waals surface area contributed by atoms with Gasteiger partial charge in [0.15, 0.2) is 0 Å². The molecule has 2 atom stereocenters. The molecule has 1 aliphatic carbocycles. The normalized spacial score (nSPS) is 19.8. The van der Waals surface area contributed by atoms with Crippen LogP contribution in [0.1, 0.15) is 142 Å². The summed E-state index contributed by atoms with van der Waals surface area (Å²) in [5.41, 5.74) is -3.13. The van der Waals surface area contributed by atoms with E-state index in [-0.39, 0.29) is 34.4 Å². The van der Waals surface area contributed by atoms with E-state index in [0.717, 1.165) is 36.8 Å². The second-order valence-corrected chi connectivity index (χ2v) is 20.6. The average Bonchev–Trinajstić information content (AvgIpc) is 2.93. The van der Waals surface area contributed by atoms with Crippen LogP contribution in [-0.2, 0) is 35.0 Å². The number of aliphatic imine (C=N–C) groups is 2. The maximum absolute atomic E-state index is 13.9. The SMILES string of the molecule is CC(C)(C)c1cc2c(c(C(C)(C)C)c1)[O][Al]([O]S(=O)(=O)C(F)(F)F)[O]c1c(cc(C(C)(C)C)cc1C(C)(C)C)C=N[C@@H]1CCCC[C@H]1N=C2. The molecular weight excluding hydrogens is 668 g/mol. The Morgan fingerprint density at radius 2 is 1.02 bits per heavy atom. The second kappa shape index (κ2) is 13.6. The van der Waals surface area contributed by atoms with Gasteiger partial charge in [0, 0.05) is 23.6 Å². The summed E-state index contributed by atoms with van der Waals surface area (Å²) in [5.74, 6) is 0.381. The lowest BCUT2D eigenvalue weighted by Gasteiger charge is -2.31. The Hall–Kier alpha value is -2.39. The van der Waals surface area contributed by atoms with Crippen LogP contribution < -0.4 is 7.58 Å². The minimum absolute atomic E-state index is 0.137. The van der Waals surface area contributed by atoms with Crippen molar-refractivity contribution in [2.75, 3.05) is 0 Å². The van der Waals surface area contributed by atoms with E-state index in [4.69, 9.17) is 20.8 Å². The molecule has 0 aromatic heterocycles. The lowest BCUT2D eigenvalue weighted by atomic mass is 9.79. The van der Waals surface area contributed by atoms with Crippen LogP contribution in [0.5, 0.6) is 11.5 Å². The molecule has 1 fully saturated rings. The fourth-order valence-corrected chi connectivity index (χ4v) is 8.48. The van der Waals surface area contributed by atoms with Gasteiger partial charge in [-0.15, -0.1) is 0 Å². The van der Waals surface area contributed by atoms with E-state index < -0.39 is 41.6 Å². The minimum Gasteiger partial charge on any atom is -0.587 e. The molecule has 0 bridgehead atoms. The molecule has 0 spiro atoms. The van der Waals surface area contributed by atoms with E-state index in [2.05, 4.69) is 41.5 Å². The number of hydrogen-bond acceptors (Lipinski definition) is 7.